The third-order valence-electron chi connectivity index (χ3n) is 5.20. The first-order valence-electron chi connectivity index (χ1n) is 10.6. The Morgan fingerprint density at radius 3 is 2.55 bits per heavy atom. The van der Waals surface area contributed by atoms with E-state index in [9.17, 15) is 9.18 Å². The van der Waals surface area contributed by atoms with Crippen LogP contribution in [0.3, 0.4) is 0 Å². The van der Waals surface area contributed by atoms with Crippen molar-refractivity contribution in [3.05, 3.63) is 66.1 Å². The normalized spacial score (nSPS) is 11.5. The molecule has 7 nitrogen and oxygen atoms in total. The number of carbonyl (C=O) groups excluding carboxylic acids is 1. The van der Waals surface area contributed by atoms with Gasteiger partial charge in [-0.15, -0.1) is 0 Å². The Morgan fingerprint density at radius 1 is 1.06 bits per heavy atom. The van der Waals surface area contributed by atoms with E-state index < -0.39 is 0 Å². The molecule has 0 spiro atoms. The number of aromatic nitrogens is 3. The van der Waals surface area contributed by atoms with E-state index in [1.807, 2.05) is 29.8 Å². The molecule has 0 bridgehead atoms. The fourth-order valence-corrected chi connectivity index (χ4v) is 3.42. The van der Waals surface area contributed by atoms with Crippen LogP contribution >= 0.6 is 0 Å². The molecule has 2 N–H and O–H groups in total. The summed E-state index contributed by atoms with van der Waals surface area (Å²) >= 11 is 0. The second-order valence-corrected chi connectivity index (χ2v) is 8.87. The highest BCUT2D eigenvalue weighted by molar-refractivity contribution is 5.87. The van der Waals surface area contributed by atoms with Crippen molar-refractivity contribution < 1.29 is 13.9 Å². The van der Waals surface area contributed by atoms with Crippen LogP contribution in [0.1, 0.15) is 33.3 Å². The van der Waals surface area contributed by atoms with Gasteiger partial charge in [0, 0.05) is 32.3 Å². The van der Waals surface area contributed by atoms with E-state index >= 15 is 0 Å². The van der Waals surface area contributed by atoms with Gasteiger partial charge in [0.2, 0.25) is 11.9 Å². The van der Waals surface area contributed by atoms with Crippen LogP contribution in [0.25, 0.3) is 11.0 Å². The van der Waals surface area contributed by atoms with Gasteiger partial charge >= 0.3 is 0 Å². The number of halogens is 1. The van der Waals surface area contributed by atoms with Gasteiger partial charge in [0.1, 0.15) is 23.1 Å². The van der Waals surface area contributed by atoms with E-state index in [1.54, 1.807) is 30.5 Å². The Bertz CT molecular complexity index is 1340. The third kappa shape index (κ3) is 4.95. The summed E-state index contributed by atoms with van der Waals surface area (Å²) < 4.78 is 22.3. The van der Waals surface area contributed by atoms with Gasteiger partial charge < -0.3 is 19.9 Å². The Balaban J connectivity index is 1.61. The lowest BCUT2D eigenvalue weighted by Crippen LogP contribution is -2.12. The standard InChI is InChI=1S/C25H26FN5O2/c1-15(32)28-23-14-18(10-11-27-23)33-17-7-9-22-21(13-17)30-24(31(22)5)29-20-12-16(25(2,3)4)6-8-19(20)26/h6-14H,1-5H3,(H,29,30)(H,27,28,32). The van der Waals surface area contributed by atoms with E-state index in [-0.39, 0.29) is 17.1 Å². The summed E-state index contributed by atoms with van der Waals surface area (Å²) in [6.45, 7) is 7.68. The molecule has 4 rings (SSSR count). The van der Waals surface area contributed by atoms with Crippen LogP contribution in [-0.4, -0.2) is 20.4 Å². The van der Waals surface area contributed by atoms with Crippen LogP contribution in [-0.2, 0) is 17.3 Å². The fraction of sp³-hybridized carbons (Fsp3) is 0.240. The number of nitrogens with zero attached hydrogens (tertiary/aromatic N) is 3. The molecule has 33 heavy (non-hydrogen) atoms. The Labute approximate surface area is 191 Å². The molecule has 8 heteroatoms. The van der Waals surface area contributed by atoms with Gasteiger partial charge in [-0.2, -0.15) is 0 Å². The zero-order valence-corrected chi connectivity index (χ0v) is 19.2. The van der Waals surface area contributed by atoms with Gasteiger partial charge in [-0.05, 0) is 41.3 Å². The minimum Gasteiger partial charge on any atom is -0.457 e. The van der Waals surface area contributed by atoms with E-state index in [0.717, 1.165) is 11.1 Å². The maximum Gasteiger partial charge on any atom is 0.222 e. The number of fused-ring (bicyclic) bond motifs is 1. The molecular formula is C25H26FN5O2. The molecule has 1 amide bonds. The molecule has 0 saturated carbocycles. The first-order chi connectivity index (χ1) is 15.6. The zero-order chi connectivity index (χ0) is 23.8. The topological polar surface area (TPSA) is 81.1 Å². The summed E-state index contributed by atoms with van der Waals surface area (Å²) in [5.41, 5.74) is 2.86. The van der Waals surface area contributed by atoms with Crippen LogP contribution in [0.2, 0.25) is 0 Å². The van der Waals surface area contributed by atoms with Crippen molar-refractivity contribution in [3.63, 3.8) is 0 Å². The van der Waals surface area contributed by atoms with Crippen molar-refractivity contribution in [2.75, 3.05) is 10.6 Å². The number of aryl methyl sites for hydroxylation is 1. The lowest BCUT2D eigenvalue weighted by Gasteiger charge is -2.20. The van der Waals surface area contributed by atoms with Crippen LogP contribution in [0.5, 0.6) is 11.5 Å². The number of hydrogen-bond acceptors (Lipinski definition) is 5. The highest BCUT2D eigenvalue weighted by Gasteiger charge is 2.17. The minimum absolute atomic E-state index is 0.102. The number of benzene rings is 2. The molecule has 4 aromatic rings. The Hall–Kier alpha value is -3.94. The molecule has 170 valence electrons. The Morgan fingerprint density at radius 2 is 1.82 bits per heavy atom. The second kappa shape index (κ2) is 8.54. The van der Waals surface area contributed by atoms with Crippen LogP contribution in [0.15, 0.2) is 54.7 Å². The van der Waals surface area contributed by atoms with Gasteiger partial charge in [-0.3, -0.25) is 4.79 Å². The molecule has 0 aliphatic rings. The lowest BCUT2D eigenvalue weighted by atomic mass is 9.87. The fourth-order valence-electron chi connectivity index (χ4n) is 3.42. The van der Waals surface area contributed by atoms with E-state index in [1.165, 1.54) is 13.0 Å². The number of anilines is 3. The first kappa shape index (κ1) is 22.3. The number of imidazole rings is 1. The monoisotopic (exact) mass is 447 g/mol. The van der Waals surface area contributed by atoms with Crippen molar-refractivity contribution in [1.82, 2.24) is 14.5 Å². The summed E-state index contributed by atoms with van der Waals surface area (Å²) in [4.78, 5) is 20.0. The number of ether oxygens (including phenoxy) is 1. The number of nitrogens with one attached hydrogen (secondary N) is 2. The summed E-state index contributed by atoms with van der Waals surface area (Å²) in [5.74, 6) is 1.48. The van der Waals surface area contributed by atoms with Gasteiger partial charge in [0.15, 0.2) is 0 Å². The second-order valence-electron chi connectivity index (χ2n) is 8.87. The zero-order valence-electron chi connectivity index (χ0n) is 19.2. The highest BCUT2D eigenvalue weighted by atomic mass is 19.1. The van der Waals surface area contributed by atoms with Gasteiger partial charge in [-0.1, -0.05) is 26.8 Å². The highest BCUT2D eigenvalue weighted by Crippen LogP contribution is 2.31. The van der Waals surface area contributed by atoms with Crippen molar-refractivity contribution >= 4 is 34.4 Å². The van der Waals surface area contributed by atoms with Crippen LogP contribution < -0.4 is 15.4 Å². The van der Waals surface area contributed by atoms with Gasteiger partial charge in [0.05, 0.1) is 16.7 Å². The molecule has 0 aliphatic carbocycles. The molecule has 0 saturated heterocycles. The van der Waals surface area contributed by atoms with E-state index in [4.69, 9.17) is 4.74 Å². The average Bonchev–Trinajstić information content (AvgIpc) is 3.03. The molecule has 0 unspecified atom stereocenters. The van der Waals surface area contributed by atoms with Crippen LogP contribution in [0.4, 0.5) is 21.8 Å². The number of hydrogen-bond donors (Lipinski definition) is 2. The number of carbonyl (C=O) groups is 1. The van der Waals surface area contributed by atoms with Crippen molar-refractivity contribution in [2.24, 2.45) is 7.05 Å². The summed E-state index contributed by atoms with van der Waals surface area (Å²) in [5, 5.41) is 5.75. The van der Waals surface area contributed by atoms with Gasteiger partial charge in [-0.25, -0.2) is 14.4 Å². The quantitative estimate of drug-likeness (QED) is 0.398. The van der Waals surface area contributed by atoms with Crippen LogP contribution in [0, 0.1) is 5.82 Å². The van der Waals surface area contributed by atoms with Crippen molar-refractivity contribution in [1.29, 1.82) is 0 Å². The Kier molecular flexibility index (Phi) is 5.76. The maximum absolute atomic E-state index is 14.5. The smallest absolute Gasteiger partial charge is 0.222 e. The number of rotatable bonds is 5. The lowest BCUT2D eigenvalue weighted by molar-refractivity contribution is -0.114. The van der Waals surface area contributed by atoms with Gasteiger partial charge in [0.25, 0.3) is 0 Å². The summed E-state index contributed by atoms with van der Waals surface area (Å²) in [6, 6.07) is 14.0. The summed E-state index contributed by atoms with van der Waals surface area (Å²) in [7, 11) is 1.87. The minimum atomic E-state index is -0.341. The number of amides is 1. The molecule has 2 aromatic carbocycles. The third-order valence-corrected chi connectivity index (χ3v) is 5.20. The predicted octanol–water partition coefficient (Wildman–Crippen LogP) is 5.90. The maximum atomic E-state index is 14.5. The molecular weight excluding hydrogens is 421 g/mol. The number of pyridine rings is 1. The molecule has 2 aromatic heterocycles. The largest absolute Gasteiger partial charge is 0.457 e. The average molecular weight is 448 g/mol. The molecule has 0 radical (unpaired) electrons. The van der Waals surface area contributed by atoms with E-state index in [2.05, 4.69) is 41.4 Å². The molecule has 0 fully saturated rings. The summed E-state index contributed by atoms with van der Waals surface area (Å²) in [6.07, 6.45) is 1.56. The first-order valence-corrected chi connectivity index (χ1v) is 10.6. The predicted molar refractivity (Wildman–Crippen MR) is 128 cm³/mol. The SMILES string of the molecule is CC(=O)Nc1cc(Oc2ccc3c(c2)nc(Nc2cc(C(C)(C)C)ccc2F)n3C)ccn1. The van der Waals surface area contributed by atoms with Crippen molar-refractivity contribution in [3.8, 4) is 11.5 Å². The molecule has 0 atom stereocenters. The van der Waals surface area contributed by atoms with Crippen molar-refractivity contribution in [2.45, 2.75) is 33.1 Å². The molecule has 2 heterocycles. The molecule has 0 aliphatic heterocycles. The van der Waals surface area contributed by atoms with E-state index in [0.29, 0.717) is 34.5 Å².